The number of nitrogens with two attached hydrogens (primary N) is 1. The van der Waals surface area contributed by atoms with Crippen LogP contribution in [0.5, 0.6) is 5.88 Å². The fourth-order valence-corrected chi connectivity index (χ4v) is 1.92. The summed E-state index contributed by atoms with van der Waals surface area (Å²) in [4.78, 5) is 9.06. The molecule has 0 amide bonds. The van der Waals surface area contributed by atoms with Crippen LogP contribution in [0.4, 0.5) is 11.5 Å². The SMILES string of the molecule is CC(C)CCNc1nc(CC(C)C)nc(OCC(C)C)c1N. The van der Waals surface area contributed by atoms with Gasteiger partial charge in [-0.15, -0.1) is 0 Å². The molecule has 5 heteroatoms. The molecule has 0 spiro atoms. The van der Waals surface area contributed by atoms with Crippen molar-refractivity contribution in [3.8, 4) is 5.88 Å². The van der Waals surface area contributed by atoms with E-state index >= 15 is 0 Å². The summed E-state index contributed by atoms with van der Waals surface area (Å²) in [7, 11) is 0. The minimum atomic E-state index is 0.431. The fraction of sp³-hybridized carbons (Fsp3) is 0.765. The Morgan fingerprint density at radius 1 is 1.00 bits per heavy atom. The first kappa shape index (κ1) is 18.5. The van der Waals surface area contributed by atoms with Gasteiger partial charge in [0.15, 0.2) is 5.82 Å². The van der Waals surface area contributed by atoms with Crippen molar-refractivity contribution in [2.75, 3.05) is 24.2 Å². The van der Waals surface area contributed by atoms with Gasteiger partial charge in [0.1, 0.15) is 11.5 Å². The Bertz CT molecular complexity index is 458. The van der Waals surface area contributed by atoms with Crippen molar-refractivity contribution in [3.05, 3.63) is 5.82 Å². The van der Waals surface area contributed by atoms with E-state index in [2.05, 4.69) is 56.8 Å². The van der Waals surface area contributed by atoms with Crippen LogP contribution in [0, 0.1) is 17.8 Å². The number of anilines is 2. The molecule has 0 aliphatic carbocycles. The molecule has 126 valence electrons. The molecule has 5 nitrogen and oxygen atoms in total. The third-order valence-electron chi connectivity index (χ3n) is 3.12. The molecule has 1 rings (SSSR count). The average Bonchev–Trinajstić information content (AvgIpc) is 2.39. The highest BCUT2D eigenvalue weighted by Gasteiger charge is 2.14. The highest BCUT2D eigenvalue weighted by atomic mass is 16.5. The summed E-state index contributed by atoms with van der Waals surface area (Å²) in [6.07, 6.45) is 1.89. The van der Waals surface area contributed by atoms with Gasteiger partial charge in [0, 0.05) is 13.0 Å². The van der Waals surface area contributed by atoms with Crippen LogP contribution in [-0.4, -0.2) is 23.1 Å². The van der Waals surface area contributed by atoms with Crippen LogP contribution in [0.25, 0.3) is 0 Å². The number of hydrogen-bond donors (Lipinski definition) is 2. The van der Waals surface area contributed by atoms with E-state index in [0.717, 1.165) is 25.2 Å². The largest absolute Gasteiger partial charge is 0.476 e. The van der Waals surface area contributed by atoms with E-state index in [9.17, 15) is 0 Å². The molecule has 1 heterocycles. The van der Waals surface area contributed by atoms with Crippen molar-refractivity contribution in [1.29, 1.82) is 0 Å². The van der Waals surface area contributed by atoms with E-state index in [1.165, 1.54) is 0 Å². The molecule has 3 N–H and O–H groups in total. The average molecular weight is 308 g/mol. The first-order valence-electron chi connectivity index (χ1n) is 8.32. The Labute approximate surface area is 135 Å². The minimum Gasteiger partial charge on any atom is -0.476 e. The van der Waals surface area contributed by atoms with Crippen molar-refractivity contribution in [2.24, 2.45) is 17.8 Å². The van der Waals surface area contributed by atoms with Crippen molar-refractivity contribution in [1.82, 2.24) is 9.97 Å². The summed E-state index contributed by atoms with van der Waals surface area (Å²) in [6.45, 7) is 14.4. The van der Waals surface area contributed by atoms with Gasteiger partial charge in [-0.25, -0.2) is 4.98 Å². The van der Waals surface area contributed by atoms with Gasteiger partial charge < -0.3 is 15.8 Å². The number of hydrogen-bond acceptors (Lipinski definition) is 5. The van der Waals surface area contributed by atoms with Crippen LogP contribution < -0.4 is 15.8 Å². The zero-order valence-corrected chi connectivity index (χ0v) is 14.9. The summed E-state index contributed by atoms with van der Waals surface area (Å²) in [5.41, 5.74) is 6.68. The van der Waals surface area contributed by atoms with Gasteiger partial charge in [-0.05, 0) is 24.2 Å². The van der Waals surface area contributed by atoms with Crippen LogP contribution in [0.3, 0.4) is 0 Å². The Balaban J connectivity index is 2.93. The molecule has 0 radical (unpaired) electrons. The molecule has 1 aromatic heterocycles. The maximum Gasteiger partial charge on any atom is 0.242 e. The van der Waals surface area contributed by atoms with Gasteiger partial charge >= 0.3 is 0 Å². The number of nitrogen functional groups attached to an aromatic ring is 1. The molecule has 0 fully saturated rings. The maximum absolute atomic E-state index is 6.17. The van der Waals surface area contributed by atoms with Gasteiger partial charge in [-0.2, -0.15) is 4.98 Å². The second-order valence-corrected chi connectivity index (χ2v) is 7.12. The van der Waals surface area contributed by atoms with Gasteiger partial charge in [0.25, 0.3) is 0 Å². The number of aromatic nitrogens is 2. The summed E-state index contributed by atoms with van der Waals surface area (Å²) >= 11 is 0. The normalized spacial score (nSPS) is 11.5. The topological polar surface area (TPSA) is 73.1 Å². The van der Waals surface area contributed by atoms with Gasteiger partial charge in [-0.3, -0.25) is 0 Å². The number of rotatable bonds is 9. The molecular weight excluding hydrogens is 276 g/mol. The number of nitrogens with zero attached hydrogens (tertiary/aromatic N) is 2. The Kier molecular flexibility index (Phi) is 7.42. The summed E-state index contributed by atoms with van der Waals surface area (Å²) in [6, 6.07) is 0. The minimum absolute atomic E-state index is 0.431. The summed E-state index contributed by atoms with van der Waals surface area (Å²) < 4.78 is 5.77. The molecular formula is C17H32N4O. The highest BCUT2D eigenvalue weighted by Crippen LogP contribution is 2.27. The van der Waals surface area contributed by atoms with Crippen molar-refractivity contribution in [2.45, 2.75) is 54.4 Å². The zero-order valence-electron chi connectivity index (χ0n) is 14.9. The van der Waals surface area contributed by atoms with Crippen LogP contribution >= 0.6 is 0 Å². The summed E-state index contributed by atoms with van der Waals surface area (Å²) in [5, 5.41) is 3.33. The second kappa shape index (κ2) is 8.81. The van der Waals surface area contributed by atoms with E-state index in [4.69, 9.17) is 10.5 Å². The summed E-state index contributed by atoms with van der Waals surface area (Å²) in [5.74, 6) is 3.55. The molecule has 0 aliphatic heterocycles. The lowest BCUT2D eigenvalue weighted by molar-refractivity contribution is 0.261. The third kappa shape index (κ3) is 6.50. The molecule has 0 saturated heterocycles. The van der Waals surface area contributed by atoms with E-state index in [-0.39, 0.29) is 0 Å². The zero-order chi connectivity index (χ0) is 16.7. The fourth-order valence-electron chi connectivity index (χ4n) is 1.92. The van der Waals surface area contributed by atoms with Gasteiger partial charge in [0.2, 0.25) is 5.88 Å². The van der Waals surface area contributed by atoms with E-state index in [1.807, 2.05) is 0 Å². The molecule has 0 bridgehead atoms. The predicted molar refractivity (Wildman–Crippen MR) is 93.3 cm³/mol. The molecule has 22 heavy (non-hydrogen) atoms. The lowest BCUT2D eigenvalue weighted by Crippen LogP contribution is -2.15. The quantitative estimate of drug-likeness (QED) is 0.727. The van der Waals surface area contributed by atoms with Gasteiger partial charge in [-0.1, -0.05) is 41.5 Å². The smallest absolute Gasteiger partial charge is 0.242 e. The van der Waals surface area contributed by atoms with E-state index in [1.54, 1.807) is 0 Å². The van der Waals surface area contributed by atoms with Crippen molar-refractivity contribution < 1.29 is 4.74 Å². The molecule has 0 saturated carbocycles. The lowest BCUT2D eigenvalue weighted by atomic mass is 10.1. The lowest BCUT2D eigenvalue weighted by Gasteiger charge is -2.16. The third-order valence-corrected chi connectivity index (χ3v) is 3.12. The highest BCUT2D eigenvalue weighted by molar-refractivity contribution is 5.66. The monoisotopic (exact) mass is 308 g/mol. The maximum atomic E-state index is 6.17. The molecule has 0 atom stereocenters. The Hall–Kier alpha value is -1.52. The van der Waals surface area contributed by atoms with Crippen LogP contribution in [0.1, 0.15) is 53.8 Å². The van der Waals surface area contributed by atoms with Crippen molar-refractivity contribution in [3.63, 3.8) is 0 Å². The van der Waals surface area contributed by atoms with Crippen LogP contribution in [-0.2, 0) is 6.42 Å². The Morgan fingerprint density at radius 2 is 1.68 bits per heavy atom. The molecule has 0 aromatic carbocycles. The number of ether oxygens (including phenoxy) is 1. The first-order chi connectivity index (χ1) is 10.3. The molecule has 0 aliphatic rings. The van der Waals surface area contributed by atoms with E-state index in [0.29, 0.717) is 41.7 Å². The van der Waals surface area contributed by atoms with Crippen LogP contribution in [0.15, 0.2) is 0 Å². The Morgan fingerprint density at radius 3 is 2.23 bits per heavy atom. The standard InChI is InChI=1S/C17H32N4O/c1-11(2)7-8-19-16-15(18)17(22-10-13(5)6)21-14(20-16)9-12(3)4/h11-13H,7-10,18H2,1-6H3,(H,19,20,21). The molecule has 1 aromatic rings. The van der Waals surface area contributed by atoms with Crippen LogP contribution in [0.2, 0.25) is 0 Å². The number of nitrogens with one attached hydrogen (secondary N) is 1. The van der Waals surface area contributed by atoms with E-state index < -0.39 is 0 Å². The molecule has 0 unspecified atom stereocenters. The second-order valence-electron chi connectivity index (χ2n) is 7.12. The van der Waals surface area contributed by atoms with Crippen molar-refractivity contribution >= 4 is 11.5 Å². The van der Waals surface area contributed by atoms with Gasteiger partial charge in [0.05, 0.1) is 6.61 Å². The first-order valence-corrected chi connectivity index (χ1v) is 8.32. The predicted octanol–water partition coefficient (Wildman–Crippen LogP) is 3.75.